The second-order valence-electron chi connectivity index (χ2n) is 3.81. The molecule has 0 aliphatic carbocycles. The number of nitriles is 1. The Labute approximate surface area is 111 Å². The van der Waals surface area contributed by atoms with E-state index < -0.39 is 0 Å². The number of nitrogens with zero attached hydrogens (tertiary/aromatic N) is 2. The van der Waals surface area contributed by atoms with Crippen molar-refractivity contribution in [3.8, 4) is 6.07 Å². The number of anilines is 2. The zero-order valence-electron chi connectivity index (χ0n) is 10.3. The van der Waals surface area contributed by atoms with Crippen LogP contribution >= 0.6 is 11.8 Å². The summed E-state index contributed by atoms with van der Waals surface area (Å²) in [6.45, 7) is 1.91. The summed E-state index contributed by atoms with van der Waals surface area (Å²) in [5, 5.41) is 12.2. The van der Waals surface area contributed by atoms with E-state index in [2.05, 4.69) is 16.4 Å². The molecule has 0 spiro atoms. The highest BCUT2D eigenvalue weighted by Crippen LogP contribution is 2.22. The molecule has 0 saturated heterocycles. The molecule has 3 nitrogen and oxygen atoms in total. The van der Waals surface area contributed by atoms with Crippen molar-refractivity contribution < 1.29 is 0 Å². The molecule has 18 heavy (non-hydrogen) atoms. The SMILES string of the molecule is CSc1ccc(Nc2nc(C)ccc2C#N)cc1. The van der Waals surface area contributed by atoms with Crippen molar-refractivity contribution in [2.45, 2.75) is 11.8 Å². The van der Waals surface area contributed by atoms with Crippen molar-refractivity contribution in [1.29, 1.82) is 5.26 Å². The van der Waals surface area contributed by atoms with Crippen LogP contribution in [0.3, 0.4) is 0 Å². The maximum absolute atomic E-state index is 9.04. The molecule has 0 radical (unpaired) electrons. The van der Waals surface area contributed by atoms with Crippen molar-refractivity contribution in [2.24, 2.45) is 0 Å². The van der Waals surface area contributed by atoms with Crippen LogP contribution in [0, 0.1) is 18.3 Å². The molecule has 0 saturated carbocycles. The molecule has 0 aliphatic rings. The molecule has 2 aromatic rings. The molecule has 0 atom stereocenters. The summed E-state index contributed by atoms with van der Waals surface area (Å²) in [6.07, 6.45) is 2.04. The normalized spacial score (nSPS) is 9.83. The van der Waals surface area contributed by atoms with Crippen molar-refractivity contribution in [2.75, 3.05) is 11.6 Å². The Morgan fingerprint density at radius 1 is 1.17 bits per heavy atom. The highest BCUT2D eigenvalue weighted by molar-refractivity contribution is 7.98. The lowest BCUT2D eigenvalue weighted by molar-refractivity contribution is 1.19. The van der Waals surface area contributed by atoms with E-state index in [0.717, 1.165) is 11.4 Å². The first-order chi connectivity index (χ1) is 8.72. The quantitative estimate of drug-likeness (QED) is 0.849. The Hall–Kier alpha value is -1.99. The van der Waals surface area contributed by atoms with Crippen molar-refractivity contribution >= 4 is 23.3 Å². The van der Waals surface area contributed by atoms with Crippen molar-refractivity contribution in [1.82, 2.24) is 4.98 Å². The predicted octanol–water partition coefficient (Wildman–Crippen LogP) is 3.73. The van der Waals surface area contributed by atoms with Crippen LogP contribution in [-0.4, -0.2) is 11.2 Å². The third-order valence-electron chi connectivity index (χ3n) is 2.51. The molecule has 0 bridgehead atoms. The number of benzene rings is 1. The topological polar surface area (TPSA) is 48.7 Å². The first kappa shape index (κ1) is 12.5. The second kappa shape index (κ2) is 5.56. The summed E-state index contributed by atoms with van der Waals surface area (Å²) in [6, 6.07) is 13.8. The van der Waals surface area contributed by atoms with Gasteiger partial charge in [0.2, 0.25) is 0 Å². The van der Waals surface area contributed by atoms with E-state index in [9.17, 15) is 0 Å². The minimum Gasteiger partial charge on any atom is -0.339 e. The fourth-order valence-electron chi connectivity index (χ4n) is 1.55. The smallest absolute Gasteiger partial charge is 0.148 e. The average molecular weight is 255 g/mol. The van der Waals surface area contributed by atoms with E-state index in [1.54, 1.807) is 17.8 Å². The number of thioether (sulfide) groups is 1. The van der Waals surface area contributed by atoms with Gasteiger partial charge in [-0.3, -0.25) is 0 Å². The van der Waals surface area contributed by atoms with Gasteiger partial charge in [0.15, 0.2) is 0 Å². The Morgan fingerprint density at radius 2 is 1.89 bits per heavy atom. The second-order valence-corrected chi connectivity index (χ2v) is 4.69. The third kappa shape index (κ3) is 2.82. The molecule has 0 unspecified atom stereocenters. The summed E-state index contributed by atoms with van der Waals surface area (Å²) >= 11 is 1.70. The van der Waals surface area contributed by atoms with Gasteiger partial charge in [-0.25, -0.2) is 4.98 Å². The van der Waals surface area contributed by atoms with Crippen LogP contribution in [0.1, 0.15) is 11.3 Å². The summed E-state index contributed by atoms with van der Waals surface area (Å²) in [7, 11) is 0. The van der Waals surface area contributed by atoms with Crippen LogP contribution in [0.5, 0.6) is 0 Å². The van der Waals surface area contributed by atoms with E-state index in [-0.39, 0.29) is 0 Å². The first-order valence-corrected chi connectivity index (χ1v) is 6.74. The zero-order valence-corrected chi connectivity index (χ0v) is 11.1. The Bertz CT molecular complexity index is 585. The number of aromatic nitrogens is 1. The number of nitrogens with one attached hydrogen (secondary N) is 1. The monoisotopic (exact) mass is 255 g/mol. The number of hydrogen-bond donors (Lipinski definition) is 1. The van der Waals surface area contributed by atoms with E-state index in [1.165, 1.54) is 4.90 Å². The molecule has 1 aromatic carbocycles. The Morgan fingerprint density at radius 3 is 2.50 bits per heavy atom. The van der Waals surface area contributed by atoms with Gasteiger partial charge in [-0.15, -0.1) is 11.8 Å². The van der Waals surface area contributed by atoms with Crippen molar-refractivity contribution in [3.05, 3.63) is 47.7 Å². The Balaban J connectivity index is 2.27. The molecule has 90 valence electrons. The molecular formula is C14H13N3S. The molecule has 0 aliphatic heterocycles. The first-order valence-electron chi connectivity index (χ1n) is 5.52. The lowest BCUT2D eigenvalue weighted by atomic mass is 10.2. The third-order valence-corrected chi connectivity index (χ3v) is 3.25. The molecule has 2 rings (SSSR count). The minimum atomic E-state index is 0.551. The maximum atomic E-state index is 9.04. The van der Waals surface area contributed by atoms with Gasteiger partial charge in [-0.05, 0) is 49.6 Å². The van der Waals surface area contributed by atoms with Gasteiger partial charge in [0.25, 0.3) is 0 Å². The van der Waals surface area contributed by atoms with Gasteiger partial charge in [0.05, 0.1) is 5.56 Å². The largest absolute Gasteiger partial charge is 0.339 e. The van der Waals surface area contributed by atoms with Crippen LogP contribution < -0.4 is 5.32 Å². The molecular weight excluding hydrogens is 242 g/mol. The highest BCUT2D eigenvalue weighted by atomic mass is 32.2. The van der Waals surface area contributed by atoms with Crippen LogP contribution in [0.25, 0.3) is 0 Å². The summed E-state index contributed by atoms with van der Waals surface area (Å²) in [5.41, 5.74) is 2.37. The van der Waals surface area contributed by atoms with Crippen LogP contribution in [0.15, 0.2) is 41.3 Å². The molecule has 0 amide bonds. The Kier molecular flexibility index (Phi) is 3.85. The molecule has 0 fully saturated rings. The van der Waals surface area contributed by atoms with Gasteiger partial charge >= 0.3 is 0 Å². The number of hydrogen-bond acceptors (Lipinski definition) is 4. The van der Waals surface area contributed by atoms with Gasteiger partial charge < -0.3 is 5.32 Å². The van der Waals surface area contributed by atoms with Crippen molar-refractivity contribution in [3.63, 3.8) is 0 Å². The minimum absolute atomic E-state index is 0.551. The zero-order chi connectivity index (χ0) is 13.0. The lowest BCUT2D eigenvalue weighted by Crippen LogP contribution is -1.98. The van der Waals surface area contributed by atoms with E-state index in [0.29, 0.717) is 11.4 Å². The number of aryl methyl sites for hydroxylation is 1. The molecule has 4 heteroatoms. The number of pyridine rings is 1. The number of rotatable bonds is 3. The summed E-state index contributed by atoms with van der Waals surface area (Å²) < 4.78 is 0. The molecule has 1 heterocycles. The van der Waals surface area contributed by atoms with Gasteiger partial charge in [0, 0.05) is 16.3 Å². The van der Waals surface area contributed by atoms with Gasteiger partial charge in [0.1, 0.15) is 11.9 Å². The fourth-order valence-corrected chi connectivity index (χ4v) is 1.96. The van der Waals surface area contributed by atoms with Crippen LogP contribution in [-0.2, 0) is 0 Å². The molecule has 1 N–H and O–H groups in total. The van der Waals surface area contributed by atoms with Gasteiger partial charge in [-0.1, -0.05) is 0 Å². The summed E-state index contributed by atoms with van der Waals surface area (Å²) in [5.74, 6) is 0.606. The van der Waals surface area contributed by atoms with E-state index in [4.69, 9.17) is 5.26 Å². The standard InChI is InChI=1S/C14H13N3S/c1-10-3-4-11(9-15)14(16-10)17-12-5-7-13(18-2)8-6-12/h3-8H,1-2H3,(H,16,17). The van der Waals surface area contributed by atoms with Crippen LogP contribution in [0.2, 0.25) is 0 Å². The predicted molar refractivity (Wildman–Crippen MR) is 75.2 cm³/mol. The van der Waals surface area contributed by atoms with E-state index >= 15 is 0 Å². The van der Waals surface area contributed by atoms with E-state index in [1.807, 2.05) is 43.5 Å². The van der Waals surface area contributed by atoms with Gasteiger partial charge in [-0.2, -0.15) is 5.26 Å². The lowest BCUT2D eigenvalue weighted by Gasteiger charge is -2.08. The molecule has 1 aromatic heterocycles. The average Bonchev–Trinajstić information content (AvgIpc) is 2.40. The maximum Gasteiger partial charge on any atom is 0.148 e. The highest BCUT2D eigenvalue weighted by Gasteiger charge is 2.04. The van der Waals surface area contributed by atoms with Crippen LogP contribution in [0.4, 0.5) is 11.5 Å². The fraction of sp³-hybridized carbons (Fsp3) is 0.143. The summed E-state index contributed by atoms with van der Waals surface area (Å²) in [4.78, 5) is 5.55.